The molecule has 1 N–H and O–H groups in total. The molecule has 0 aliphatic carbocycles. The fourth-order valence-corrected chi connectivity index (χ4v) is 3.94. The molecule has 9 heteroatoms. The summed E-state index contributed by atoms with van der Waals surface area (Å²) in [6.45, 7) is 4.68. The number of nitrogens with one attached hydrogen (secondary N) is 1. The third kappa shape index (κ3) is 4.99. The number of furan rings is 2. The largest absolute Gasteiger partial charge is 0.461 e. The quantitative estimate of drug-likeness (QED) is 0.268. The van der Waals surface area contributed by atoms with Crippen molar-refractivity contribution in [2.24, 2.45) is 0 Å². The second-order valence-electron chi connectivity index (χ2n) is 8.25. The van der Waals surface area contributed by atoms with E-state index in [0.29, 0.717) is 47.7 Å². The van der Waals surface area contributed by atoms with Gasteiger partial charge in [0.25, 0.3) is 5.91 Å². The van der Waals surface area contributed by atoms with E-state index >= 15 is 0 Å². The van der Waals surface area contributed by atoms with Gasteiger partial charge in [-0.2, -0.15) is 0 Å². The van der Waals surface area contributed by atoms with Gasteiger partial charge >= 0.3 is 5.88 Å². The number of likely N-dealkylation sites (N-methyl/N-ethyl adjacent to an activating group) is 1. The average molecular weight is 465 g/mol. The van der Waals surface area contributed by atoms with Crippen molar-refractivity contribution in [2.45, 2.75) is 26.8 Å². The molecule has 0 aliphatic rings. The van der Waals surface area contributed by atoms with Crippen LogP contribution in [0.5, 0.6) is 0 Å². The first-order valence-electron chi connectivity index (χ1n) is 10.7. The summed E-state index contributed by atoms with van der Waals surface area (Å²) in [7, 11) is 1.91. The van der Waals surface area contributed by atoms with Crippen molar-refractivity contribution in [3.05, 3.63) is 92.7 Å². The summed E-state index contributed by atoms with van der Waals surface area (Å²) in [6, 6.07) is 12.5. The first-order valence-corrected chi connectivity index (χ1v) is 10.7. The number of hydrogen-bond acceptors (Lipinski definition) is 6. The summed E-state index contributed by atoms with van der Waals surface area (Å²) in [5.74, 6) is 0.333. The summed E-state index contributed by atoms with van der Waals surface area (Å²) in [5, 5.41) is 14.6. The Labute approximate surface area is 195 Å². The van der Waals surface area contributed by atoms with Crippen molar-refractivity contribution in [3.8, 4) is 0 Å². The van der Waals surface area contributed by atoms with Crippen molar-refractivity contribution < 1.29 is 22.9 Å². The van der Waals surface area contributed by atoms with Crippen LogP contribution in [0.3, 0.4) is 0 Å². The number of fused-ring (bicyclic) bond motifs is 1. The molecule has 0 unspecified atom stereocenters. The molecule has 0 saturated carbocycles. The van der Waals surface area contributed by atoms with Crippen molar-refractivity contribution in [2.75, 3.05) is 18.9 Å². The van der Waals surface area contributed by atoms with Crippen molar-refractivity contribution in [3.63, 3.8) is 0 Å². The maximum Gasteiger partial charge on any atom is 0.433 e. The third-order valence-electron chi connectivity index (χ3n) is 5.68. The van der Waals surface area contributed by atoms with Gasteiger partial charge in [-0.05, 0) is 75.3 Å². The van der Waals surface area contributed by atoms with Gasteiger partial charge in [-0.3, -0.25) is 19.8 Å². The summed E-state index contributed by atoms with van der Waals surface area (Å²) in [4.78, 5) is 24.9. The van der Waals surface area contributed by atoms with Crippen LogP contribution in [0.1, 0.15) is 33.0 Å². The van der Waals surface area contributed by atoms with Gasteiger partial charge in [0.1, 0.15) is 27.8 Å². The molecule has 0 atom stereocenters. The third-order valence-corrected chi connectivity index (χ3v) is 5.68. The normalized spacial score (nSPS) is 11.3. The van der Waals surface area contributed by atoms with Gasteiger partial charge in [0.2, 0.25) is 0 Å². The van der Waals surface area contributed by atoms with Gasteiger partial charge in [0, 0.05) is 28.7 Å². The summed E-state index contributed by atoms with van der Waals surface area (Å²) >= 11 is 0. The number of aryl methyl sites for hydroxylation is 2. The molecular formula is C25H24FN3O5. The number of carbonyl (C=O) groups excluding carboxylic acids is 1. The van der Waals surface area contributed by atoms with Crippen LogP contribution in [-0.2, 0) is 13.0 Å². The zero-order valence-corrected chi connectivity index (χ0v) is 19.1. The van der Waals surface area contributed by atoms with Crippen LogP contribution in [0.2, 0.25) is 0 Å². The van der Waals surface area contributed by atoms with Crippen LogP contribution in [0, 0.1) is 29.8 Å². The van der Waals surface area contributed by atoms with E-state index in [9.17, 15) is 19.3 Å². The zero-order chi connectivity index (χ0) is 24.4. The van der Waals surface area contributed by atoms with E-state index in [1.165, 1.54) is 24.3 Å². The lowest BCUT2D eigenvalue weighted by molar-refractivity contribution is -0.402. The van der Waals surface area contributed by atoms with Crippen LogP contribution in [-0.4, -0.2) is 29.3 Å². The van der Waals surface area contributed by atoms with Crippen LogP contribution in [0.4, 0.5) is 16.0 Å². The van der Waals surface area contributed by atoms with Gasteiger partial charge in [-0.15, -0.1) is 0 Å². The molecule has 2 aromatic carbocycles. The highest BCUT2D eigenvalue weighted by Crippen LogP contribution is 2.29. The highest BCUT2D eigenvalue weighted by atomic mass is 19.1. The summed E-state index contributed by atoms with van der Waals surface area (Å²) < 4.78 is 24.5. The summed E-state index contributed by atoms with van der Waals surface area (Å²) in [6.07, 6.45) is 0.673. The minimum Gasteiger partial charge on any atom is -0.461 e. The highest BCUT2D eigenvalue weighted by Gasteiger charge is 2.16. The number of nitrogens with zero attached hydrogens (tertiary/aromatic N) is 2. The first-order chi connectivity index (χ1) is 16.2. The van der Waals surface area contributed by atoms with E-state index in [-0.39, 0.29) is 17.6 Å². The van der Waals surface area contributed by atoms with Gasteiger partial charge < -0.3 is 14.2 Å². The molecule has 0 radical (unpaired) electrons. The highest BCUT2D eigenvalue weighted by molar-refractivity contribution is 6.06. The molecule has 0 bridgehead atoms. The second kappa shape index (κ2) is 9.48. The molecule has 1 amide bonds. The molecular weight excluding hydrogens is 441 g/mol. The van der Waals surface area contributed by atoms with E-state index < -0.39 is 4.92 Å². The van der Waals surface area contributed by atoms with Gasteiger partial charge in [-0.25, -0.2) is 4.39 Å². The topological polar surface area (TPSA) is 102 Å². The number of benzene rings is 2. The maximum absolute atomic E-state index is 13.4. The monoisotopic (exact) mass is 465 g/mol. The number of halogens is 1. The Balaban J connectivity index is 1.47. The van der Waals surface area contributed by atoms with Gasteiger partial charge in [0.15, 0.2) is 0 Å². The lowest BCUT2D eigenvalue weighted by Gasteiger charge is -2.14. The molecule has 0 spiro atoms. The minimum absolute atomic E-state index is 0.273. The lowest BCUT2D eigenvalue weighted by atomic mass is 10.1. The van der Waals surface area contributed by atoms with Crippen LogP contribution < -0.4 is 5.32 Å². The number of amides is 1. The predicted molar refractivity (Wildman–Crippen MR) is 125 cm³/mol. The number of hydrogen-bond donors (Lipinski definition) is 1. The van der Waals surface area contributed by atoms with Crippen LogP contribution >= 0.6 is 0 Å². The van der Waals surface area contributed by atoms with Crippen LogP contribution in [0.25, 0.3) is 11.0 Å². The van der Waals surface area contributed by atoms with Crippen LogP contribution in [0.15, 0.2) is 57.4 Å². The SMILES string of the molecule is Cc1cc(F)ccc1C(=O)Nc1ccc2oc(C)c(CCN(C)Cc3ccc([N+](=O)[O-])o3)c2c1. The fraction of sp³-hybridized carbons (Fsp3) is 0.240. The first kappa shape index (κ1) is 23.2. The van der Waals surface area contributed by atoms with Gasteiger partial charge in [0.05, 0.1) is 12.6 Å². The Morgan fingerprint density at radius 2 is 1.91 bits per heavy atom. The van der Waals surface area contributed by atoms with E-state index in [1.54, 1.807) is 19.1 Å². The maximum atomic E-state index is 13.4. The Bertz CT molecular complexity index is 1370. The average Bonchev–Trinajstić information content (AvgIpc) is 3.36. The van der Waals surface area contributed by atoms with E-state index in [1.807, 2.05) is 31.0 Å². The van der Waals surface area contributed by atoms with E-state index in [2.05, 4.69) is 5.32 Å². The molecule has 0 aliphatic heterocycles. The Hall–Kier alpha value is -3.98. The molecule has 8 nitrogen and oxygen atoms in total. The van der Waals surface area contributed by atoms with E-state index in [0.717, 1.165) is 16.7 Å². The number of rotatable bonds is 8. The van der Waals surface area contributed by atoms with E-state index in [4.69, 9.17) is 8.83 Å². The summed E-state index contributed by atoms with van der Waals surface area (Å²) in [5.41, 5.74) is 3.31. The molecule has 4 rings (SSSR count). The molecule has 2 aromatic heterocycles. The molecule has 0 saturated heterocycles. The number of anilines is 1. The van der Waals surface area contributed by atoms with Crippen molar-refractivity contribution in [1.82, 2.24) is 4.90 Å². The molecule has 176 valence electrons. The van der Waals surface area contributed by atoms with Gasteiger partial charge in [-0.1, -0.05) is 0 Å². The molecule has 0 fully saturated rings. The molecule has 2 heterocycles. The second-order valence-corrected chi connectivity index (χ2v) is 8.25. The Morgan fingerprint density at radius 1 is 1.12 bits per heavy atom. The standard InChI is InChI=1S/C25H24FN3O5/c1-15-12-17(26)4-7-20(15)25(30)27-18-5-8-23-22(13-18)21(16(2)33-23)10-11-28(3)14-19-6-9-24(34-19)29(31)32/h4-9,12-13H,10-11,14H2,1-3H3,(H,27,30). The smallest absolute Gasteiger partial charge is 0.433 e. The number of carbonyl (C=O) groups is 1. The Morgan fingerprint density at radius 3 is 2.62 bits per heavy atom. The van der Waals surface area contributed by atoms with Crippen molar-refractivity contribution >= 4 is 28.4 Å². The Kier molecular flexibility index (Phi) is 6.47. The number of nitro groups is 1. The van der Waals surface area contributed by atoms with Crippen molar-refractivity contribution in [1.29, 1.82) is 0 Å². The molecule has 34 heavy (non-hydrogen) atoms. The fourth-order valence-electron chi connectivity index (χ4n) is 3.94. The molecule has 4 aromatic rings. The minimum atomic E-state index is -0.557. The zero-order valence-electron chi connectivity index (χ0n) is 19.1. The predicted octanol–water partition coefficient (Wildman–Crippen LogP) is 5.62. The lowest BCUT2D eigenvalue weighted by Crippen LogP contribution is -2.20.